The predicted molar refractivity (Wildman–Crippen MR) is 123 cm³/mol. The van der Waals surface area contributed by atoms with Gasteiger partial charge in [-0.25, -0.2) is 14.8 Å². The van der Waals surface area contributed by atoms with E-state index in [1.54, 1.807) is 54.6 Å². The number of hydrazone groups is 1. The summed E-state index contributed by atoms with van der Waals surface area (Å²) in [6, 6.07) is 24.3. The molecule has 4 aromatic rings. The molecule has 1 heterocycles. The van der Waals surface area contributed by atoms with Gasteiger partial charge in [0.25, 0.3) is 5.56 Å². The van der Waals surface area contributed by atoms with Gasteiger partial charge in [-0.05, 0) is 35.4 Å². The van der Waals surface area contributed by atoms with Gasteiger partial charge in [0, 0.05) is 5.56 Å². The molecule has 2 N–H and O–H groups in total. The van der Waals surface area contributed by atoms with E-state index >= 15 is 0 Å². The van der Waals surface area contributed by atoms with Crippen LogP contribution in [0.1, 0.15) is 16.7 Å². The van der Waals surface area contributed by atoms with E-state index in [2.05, 4.69) is 20.5 Å². The summed E-state index contributed by atoms with van der Waals surface area (Å²) < 4.78 is 19.0. The summed E-state index contributed by atoms with van der Waals surface area (Å²) in [7, 11) is 0. The van der Waals surface area contributed by atoms with Crippen LogP contribution in [0, 0.1) is 17.1 Å². The summed E-state index contributed by atoms with van der Waals surface area (Å²) in [5.74, 6) is 0.389. The third-order valence-corrected chi connectivity index (χ3v) is 4.62. The number of halogens is 1. The number of benzene rings is 3. The van der Waals surface area contributed by atoms with Crippen LogP contribution >= 0.6 is 0 Å². The Morgan fingerprint density at radius 1 is 1.09 bits per heavy atom. The Balaban J connectivity index is 1.47. The van der Waals surface area contributed by atoms with Gasteiger partial charge in [0.05, 0.1) is 11.9 Å². The fraction of sp³-hybridized carbons (Fsp3) is 0.0400. The molecule has 4 rings (SSSR count). The minimum atomic E-state index is -0.559. The Kier molecular flexibility index (Phi) is 6.52. The predicted octanol–water partition coefficient (Wildman–Crippen LogP) is 4.47. The number of rotatable bonds is 7. The van der Waals surface area contributed by atoms with E-state index in [1.807, 2.05) is 18.2 Å². The molecule has 0 bridgehead atoms. The first-order chi connectivity index (χ1) is 16.1. The molecule has 0 aliphatic carbocycles. The van der Waals surface area contributed by atoms with Crippen LogP contribution in [-0.4, -0.2) is 16.2 Å². The van der Waals surface area contributed by atoms with Gasteiger partial charge in [-0.3, -0.25) is 9.78 Å². The first-order valence-electron chi connectivity index (χ1n) is 9.98. The van der Waals surface area contributed by atoms with Gasteiger partial charge in [-0.2, -0.15) is 10.4 Å². The van der Waals surface area contributed by atoms with Crippen LogP contribution in [0.2, 0.25) is 0 Å². The number of nitrogens with zero attached hydrogens (tertiary/aromatic N) is 3. The van der Waals surface area contributed by atoms with Crippen molar-refractivity contribution in [3.63, 3.8) is 0 Å². The summed E-state index contributed by atoms with van der Waals surface area (Å²) in [4.78, 5) is 19.1. The molecule has 0 fully saturated rings. The summed E-state index contributed by atoms with van der Waals surface area (Å²) in [5.41, 5.74) is 4.44. The van der Waals surface area contributed by atoms with Crippen molar-refractivity contribution in [2.45, 2.75) is 6.61 Å². The van der Waals surface area contributed by atoms with E-state index < -0.39 is 5.56 Å². The molecule has 0 radical (unpaired) electrons. The highest BCUT2D eigenvalue weighted by Gasteiger charge is 2.12. The lowest BCUT2D eigenvalue weighted by Gasteiger charge is -2.07. The maximum atomic E-state index is 13.3. The smallest absolute Gasteiger partial charge is 0.270 e. The van der Waals surface area contributed by atoms with E-state index in [-0.39, 0.29) is 29.6 Å². The van der Waals surface area contributed by atoms with E-state index in [9.17, 15) is 14.4 Å². The maximum Gasteiger partial charge on any atom is 0.270 e. The molecule has 0 spiro atoms. The molecule has 162 valence electrons. The first-order valence-corrected chi connectivity index (χ1v) is 9.98. The van der Waals surface area contributed by atoms with E-state index in [4.69, 9.17) is 4.74 Å². The molecule has 1 aromatic heterocycles. The summed E-state index contributed by atoms with van der Waals surface area (Å²) >= 11 is 0. The molecule has 3 aromatic carbocycles. The van der Waals surface area contributed by atoms with Crippen molar-refractivity contribution < 1.29 is 9.13 Å². The lowest BCUT2D eigenvalue weighted by atomic mass is 10.1. The topological polar surface area (TPSA) is 103 Å². The molecule has 33 heavy (non-hydrogen) atoms. The fourth-order valence-corrected chi connectivity index (χ4v) is 3.08. The van der Waals surface area contributed by atoms with Crippen LogP contribution in [0.5, 0.6) is 5.75 Å². The molecule has 0 saturated carbocycles. The van der Waals surface area contributed by atoms with Crippen molar-refractivity contribution in [3.05, 3.63) is 112 Å². The third-order valence-electron chi connectivity index (χ3n) is 4.62. The van der Waals surface area contributed by atoms with E-state index in [0.717, 1.165) is 11.1 Å². The van der Waals surface area contributed by atoms with Crippen molar-refractivity contribution in [2.75, 3.05) is 5.43 Å². The second-order valence-electron chi connectivity index (χ2n) is 6.98. The van der Waals surface area contributed by atoms with Gasteiger partial charge in [0.15, 0.2) is 0 Å². The number of hydrogen-bond donors (Lipinski definition) is 2. The zero-order valence-electron chi connectivity index (χ0n) is 17.3. The quantitative estimate of drug-likeness (QED) is 0.327. The second-order valence-corrected chi connectivity index (χ2v) is 6.98. The first kappa shape index (κ1) is 21.5. The molecule has 0 saturated heterocycles. The minimum Gasteiger partial charge on any atom is -0.489 e. The number of nitrogens with one attached hydrogen (secondary N) is 2. The number of aromatic amines is 1. The number of nitriles is 1. The Labute approximate surface area is 188 Å². The van der Waals surface area contributed by atoms with E-state index in [1.165, 1.54) is 18.3 Å². The van der Waals surface area contributed by atoms with Crippen LogP contribution in [0.3, 0.4) is 0 Å². The molecule has 0 amide bonds. The highest BCUT2D eigenvalue weighted by atomic mass is 19.1. The monoisotopic (exact) mass is 439 g/mol. The van der Waals surface area contributed by atoms with Crippen LogP contribution in [0.15, 0.2) is 88.8 Å². The van der Waals surface area contributed by atoms with Crippen LogP contribution < -0.4 is 15.7 Å². The molecular weight excluding hydrogens is 421 g/mol. The second kappa shape index (κ2) is 10.0. The number of hydrogen-bond acceptors (Lipinski definition) is 6. The fourth-order valence-electron chi connectivity index (χ4n) is 3.08. The average Bonchev–Trinajstić information content (AvgIpc) is 2.83. The largest absolute Gasteiger partial charge is 0.489 e. The standard InChI is InChI=1S/C25H18FN5O2/c26-20-10-4-7-18(12-20)16-33-21-11-5-6-17(13-21)15-28-31-25-29-23(19-8-2-1-3-9-19)22(14-27)24(32)30-25/h1-13,15H,16H2,(H2,29,30,31,32). The van der Waals surface area contributed by atoms with Crippen molar-refractivity contribution in [1.82, 2.24) is 9.97 Å². The van der Waals surface area contributed by atoms with Gasteiger partial charge in [-0.15, -0.1) is 0 Å². The molecule has 0 aliphatic heterocycles. The Morgan fingerprint density at radius 2 is 1.91 bits per heavy atom. The van der Waals surface area contributed by atoms with Crippen molar-refractivity contribution >= 4 is 12.2 Å². The molecule has 7 nitrogen and oxygen atoms in total. The SMILES string of the molecule is N#Cc1c(-c2ccccc2)nc(NN=Cc2cccc(OCc3cccc(F)c3)c2)[nH]c1=O. The van der Waals surface area contributed by atoms with Crippen LogP contribution in [0.25, 0.3) is 11.3 Å². The van der Waals surface area contributed by atoms with E-state index in [0.29, 0.717) is 11.3 Å². The molecule has 8 heteroatoms. The Morgan fingerprint density at radius 3 is 2.70 bits per heavy atom. The van der Waals surface area contributed by atoms with Gasteiger partial charge < -0.3 is 4.74 Å². The zero-order chi connectivity index (χ0) is 23.0. The van der Waals surface area contributed by atoms with Crippen LogP contribution in [-0.2, 0) is 6.61 Å². The molecular formula is C25H18FN5O2. The average molecular weight is 439 g/mol. The van der Waals surface area contributed by atoms with Crippen LogP contribution in [0.4, 0.5) is 10.3 Å². The number of anilines is 1. The lowest BCUT2D eigenvalue weighted by molar-refractivity contribution is 0.305. The summed E-state index contributed by atoms with van der Waals surface area (Å²) in [5, 5.41) is 13.5. The van der Waals surface area contributed by atoms with Crippen molar-refractivity contribution in [1.29, 1.82) is 5.26 Å². The van der Waals surface area contributed by atoms with Gasteiger partial charge in [-0.1, -0.05) is 54.6 Å². The number of aromatic nitrogens is 2. The summed E-state index contributed by atoms with van der Waals surface area (Å²) in [6.45, 7) is 0.231. The third kappa shape index (κ3) is 5.48. The summed E-state index contributed by atoms with van der Waals surface area (Å²) in [6.07, 6.45) is 1.54. The molecule has 0 atom stereocenters. The molecule has 0 unspecified atom stereocenters. The maximum absolute atomic E-state index is 13.3. The van der Waals surface area contributed by atoms with Gasteiger partial charge in [0.2, 0.25) is 5.95 Å². The highest BCUT2D eigenvalue weighted by Crippen LogP contribution is 2.19. The normalized spacial score (nSPS) is 10.7. The Bertz CT molecular complexity index is 1390. The highest BCUT2D eigenvalue weighted by molar-refractivity contribution is 5.80. The van der Waals surface area contributed by atoms with Gasteiger partial charge in [0.1, 0.15) is 29.8 Å². The Hall–Kier alpha value is -4.77. The number of ether oxygens (including phenoxy) is 1. The zero-order valence-corrected chi connectivity index (χ0v) is 17.3. The molecule has 0 aliphatic rings. The van der Waals surface area contributed by atoms with Crippen molar-refractivity contribution in [2.24, 2.45) is 5.10 Å². The van der Waals surface area contributed by atoms with Gasteiger partial charge >= 0.3 is 0 Å². The van der Waals surface area contributed by atoms with Crippen molar-refractivity contribution in [3.8, 4) is 23.1 Å². The lowest BCUT2D eigenvalue weighted by Crippen LogP contribution is -2.16. The number of H-pyrrole nitrogens is 1. The minimum absolute atomic E-state index is 0.0705.